The number of benzene rings is 1. The van der Waals surface area contributed by atoms with E-state index in [-0.39, 0.29) is 0 Å². The number of aromatic nitrogens is 5. The first-order valence-corrected chi connectivity index (χ1v) is 14.3. The summed E-state index contributed by atoms with van der Waals surface area (Å²) in [6.45, 7) is 16.3. The number of hydrogen-bond donors (Lipinski definition) is 3. The second kappa shape index (κ2) is 11.3. The molecule has 0 unspecified atom stereocenters. The highest BCUT2D eigenvalue weighted by molar-refractivity contribution is 7.14. The predicted octanol–water partition coefficient (Wildman–Crippen LogP) is 9.12. The summed E-state index contributed by atoms with van der Waals surface area (Å²) in [4.78, 5) is 15.0. The number of aryl methyl sites for hydroxylation is 1. The number of anilines is 1. The molecule has 6 aromatic rings. The number of nitrogens with zero attached hydrogens (tertiary/aromatic N) is 3. The molecule has 0 saturated carbocycles. The maximum Gasteiger partial charge on any atom is 0.155 e. The Morgan fingerprint density at radius 3 is 2.50 bits per heavy atom. The molecule has 0 amide bonds. The molecule has 0 saturated heterocycles. The molecule has 0 radical (unpaired) electrons. The van der Waals surface area contributed by atoms with E-state index < -0.39 is 0 Å². The van der Waals surface area contributed by atoms with E-state index in [0.717, 1.165) is 72.1 Å². The number of pyridine rings is 2. The molecule has 0 aliphatic rings. The average molecular weight is 567 g/mol. The minimum atomic E-state index is 0.716. The van der Waals surface area contributed by atoms with Crippen molar-refractivity contribution in [3.05, 3.63) is 138 Å². The first-order chi connectivity index (χ1) is 20.4. The number of rotatable bonds is 9. The lowest BCUT2D eigenvalue weighted by molar-refractivity contribution is 1.09. The van der Waals surface area contributed by atoms with Gasteiger partial charge in [0.25, 0.3) is 0 Å². The van der Waals surface area contributed by atoms with Crippen molar-refractivity contribution in [1.29, 1.82) is 0 Å². The normalized spacial score (nSPS) is 11.5. The molecule has 0 aliphatic carbocycles. The van der Waals surface area contributed by atoms with Crippen LogP contribution >= 0.6 is 11.3 Å². The summed E-state index contributed by atoms with van der Waals surface area (Å²) >= 11 is 1.73. The maximum absolute atomic E-state index is 4.67. The van der Waals surface area contributed by atoms with Crippen molar-refractivity contribution in [3.63, 3.8) is 0 Å². The minimum Gasteiger partial charge on any atom is -0.357 e. The van der Waals surface area contributed by atoms with Gasteiger partial charge in [-0.15, -0.1) is 11.3 Å². The van der Waals surface area contributed by atoms with Crippen LogP contribution in [-0.4, -0.2) is 25.1 Å². The fourth-order valence-electron chi connectivity index (χ4n) is 4.92. The Kier molecular flexibility index (Phi) is 7.25. The molecular weight excluding hydrogens is 536 g/mol. The first-order valence-electron chi connectivity index (χ1n) is 13.5. The van der Waals surface area contributed by atoms with Crippen LogP contribution in [0.1, 0.15) is 33.5 Å². The van der Waals surface area contributed by atoms with Crippen LogP contribution in [0.2, 0.25) is 0 Å². The van der Waals surface area contributed by atoms with E-state index in [2.05, 4.69) is 87.5 Å². The van der Waals surface area contributed by atoms with Gasteiger partial charge in [0.1, 0.15) is 5.69 Å². The zero-order chi connectivity index (χ0) is 29.2. The third-order valence-corrected chi connectivity index (χ3v) is 8.32. The van der Waals surface area contributed by atoms with Gasteiger partial charge in [0.15, 0.2) is 5.65 Å². The van der Waals surface area contributed by atoms with E-state index in [1.165, 1.54) is 4.88 Å². The molecule has 0 bridgehead atoms. The van der Waals surface area contributed by atoms with Gasteiger partial charge in [-0.25, -0.2) is 4.98 Å². The topological polar surface area (TPSA) is 82.3 Å². The lowest BCUT2D eigenvalue weighted by atomic mass is 10.0. The van der Waals surface area contributed by atoms with Crippen molar-refractivity contribution in [2.24, 2.45) is 0 Å². The summed E-state index contributed by atoms with van der Waals surface area (Å²) in [6.07, 6.45) is 9.34. The smallest absolute Gasteiger partial charge is 0.155 e. The van der Waals surface area contributed by atoms with Crippen molar-refractivity contribution >= 4 is 44.9 Å². The van der Waals surface area contributed by atoms with Crippen molar-refractivity contribution < 1.29 is 0 Å². The number of nitrogens with one attached hydrogen (secondary N) is 3. The third kappa shape index (κ3) is 5.25. The Balaban J connectivity index is 1.34. The van der Waals surface area contributed by atoms with Crippen molar-refractivity contribution in [1.82, 2.24) is 25.1 Å². The van der Waals surface area contributed by atoms with Gasteiger partial charge in [-0.2, -0.15) is 5.10 Å². The standard InChI is InChI=1S/C35H30N6S/c1-6-10-28(33-14-13-32(42-33)21(2)3)29-17-31(39-23(29)5)34-30-16-26(19-37-35(30)41-40-34)25-15-27(20-36-18-25)38-22(4)24-11-8-7-9-12-24/h6-20,38-39H,1-2,4H2,3,5H3,(H,37,40,41)/b28-10+. The fourth-order valence-corrected chi connectivity index (χ4v) is 5.89. The molecular formula is C35H30N6S. The van der Waals surface area contributed by atoms with Gasteiger partial charge in [-0.05, 0) is 55.3 Å². The van der Waals surface area contributed by atoms with Crippen LogP contribution in [0.25, 0.3) is 50.4 Å². The van der Waals surface area contributed by atoms with Crippen LogP contribution in [0.5, 0.6) is 0 Å². The summed E-state index contributed by atoms with van der Waals surface area (Å²) in [5, 5.41) is 12.0. The molecule has 42 heavy (non-hydrogen) atoms. The Morgan fingerprint density at radius 2 is 1.74 bits per heavy atom. The van der Waals surface area contributed by atoms with Crippen LogP contribution in [0, 0.1) is 6.92 Å². The number of aromatic amines is 2. The molecule has 206 valence electrons. The van der Waals surface area contributed by atoms with Crippen LogP contribution in [-0.2, 0) is 0 Å². The molecule has 6 nitrogen and oxygen atoms in total. The van der Waals surface area contributed by atoms with Crippen molar-refractivity contribution in [3.8, 4) is 22.5 Å². The number of fused-ring (bicyclic) bond motifs is 1. The summed E-state index contributed by atoms with van der Waals surface area (Å²) in [5.41, 5.74) is 11.3. The number of H-pyrrole nitrogens is 2. The van der Waals surface area contributed by atoms with Crippen LogP contribution in [0.4, 0.5) is 5.69 Å². The third-order valence-electron chi connectivity index (χ3n) is 7.04. The van der Waals surface area contributed by atoms with Gasteiger partial charge in [0.05, 0.1) is 17.6 Å². The fraction of sp³-hybridized carbons (Fsp3) is 0.0571. The number of thiophene rings is 1. The van der Waals surface area contributed by atoms with Gasteiger partial charge in [-0.3, -0.25) is 10.1 Å². The second-order valence-corrected chi connectivity index (χ2v) is 11.2. The Hall–Kier alpha value is -5.27. The number of allylic oxidation sites excluding steroid dienone is 3. The Labute approximate surface area is 248 Å². The zero-order valence-corrected chi connectivity index (χ0v) is 24.3. The van der Waals surface area contributed by atoms with Gasteiger partial charge in [0.2, 0.25) is 0 Å². The van der Waals surface area contributed by atoms with E-state index in [4.69, 9.17) is 0 Å². The Bertz CT molecular complexity index is 1990. The van der Waals surface area contributed by atoms with Crippen molar-refractivity contribution in [2.45, 2.75) is 13.8 Å². The molecule has 3 N–H and O–H groups in total. The van der Waals surface area contributed by atoms with Gasteiger partial charge in [0, 0.05) is 61.2 Å². The minimum absolute atomic E-state index is 0.716. The SMILES string of the molecule is C=C/C=C(/c1ccc(C(=C)C)s1)c1cc(-c2n[nH]c3ncc(-c4cncc(NC(=C)c5ccccc5)c4)cc23)[nH]c1C. The molecule has 6 rings (SSSR count). The predicted molar refractivity (Wildman–Crippen MR) is 177 cm³/mol. The average Bonchev–Trinajstić information content (AvgIpc) is 3.75. The molecule has 0 aliphatic heterocycles. The molecule has 7 heteroatoms. The quantitative estimate of drug-likeness (QED) is 0.152. The molecule has 5 aromatic heterocycles. The molecule has 1 aromatic carbocycles. The summed E-state index contributed by atoms with van der Waals surface area (Å²) < 4.78 is 0. The van der Waals surface area contributed by atoms with Gasteiger partial charge < -0.3 is 10.3 Å². The second-order valence-electron chi connectivity index (χ2n) is 10.1. The molecule has 0 spiro atoms. The van der Waals surface area contributed by atoms with Crippen molar-refractivity contribution in [2.75, 3.05) is 5.32 Å². The van der Waals surface area contributed by atoms with E-state index in [0.29, 0.717) is 5.65 Å². The number of hydrogen-bond acceptors (Lipinski definition) is 5. The zero-order valence-electron chi connectivity index (χ0n) is 23.5. The highest BCUT2D eigenvalue weighted by Crippen LogP contribution is 2.37. The highest BCUT2D eigenvalue weighted by atomic mass is 32.1. The van der Waals surface area contributed by atoms with E-state index in [1.807, 2.05) is 61.8 Å². The van der Waals surface area contributed by atoms with Gasteiger partial charge >= 0.3 is 0 Å². The lowest BCUT2D eigenvalue weighted by Crippen LogP contribution is -1.98. The molecule has 5 heterocycles. The van der Waals surface area contributed by atoms with E-state index in [9.17, 15) is 0 Å². The Morgan fingerprint density at radius 1 is 0.952 bits per heavy atom. The van der Waals surface area contributed by atoms with Crippen LogP contribution < -0.4 is 5.32 Å². The van der Waals surface area contributed by atoms with E-state index >= 15 is 0 Å². The monoisotopic (exact) mass is 566 g/mol. The maximum atomic E-state index is 4.67. The van der Waals surface area contributed by atoms with Crippen LogP contribution in [0.3, 0.4) is 0 Å². The summed E-state index contributed by atoms with van der Waals surface area (Å²) in [5.74, 6) is 0. The molecule has 0 atom stereocenters. The lowest BCUT2D eigenvalue weighted by Gasteiger charge is -2.11. The summed E-state index contributed by atoms with van der Waals surface area (Å²) in [7, 11) is 0. The van der Waals surface area contributed by atoms with Gasteiger partial charge in [-0.1, -0.05) is 62.2 Å². The van der Waals surface area contributed by atoms with E-state index in [1.54, 1.807) is 17.5 Å². The summed E-state index contributed by atoms with van der Waals surface area (Å²) in [6, 6.07) is 20.6. The first kappa shape index (κ1) is 26.9. The highest BCUT2D eigenvalue weighted by Gasteiger charge is 2.18. The largest absolute Gasteiger partial charge is 0.357 e. The molecule has 0 fully saturated rings. The van der Waals surface area contributed by atoms with Crippen LogP contribution in [0.15, 0.2) is 111 Å².